The summed E-state index contributed by atoms with van der Waals surface area (Å²) in [5.41, 5.74) is 1.20. The minimum Gasteiger partial charge on any atom is -0.497 e. The van der Waals surface area contributed by atoms with Crippen LogP contribution < -0.4 is 14.8 Å². The summed E-state index contributed by atoms with van der Waals surface area (Å²) in [4.78, 5) is 0. The van der Waals surface area contributed by atoms with Crippen molar-refractivity contribution in [2.45, 2.75) is 6.42 Å². The highest BCUT2D eigenvalue weighted by Crippen LogP contribution is 2.24. The number of hydrogen-bond acceptors (Lipinski definition) is 3. The van der Waals surface area contributed by atoms with E-state index in [2.05, 4.69) is 5.32 Å². The van der Waals surface area contributed by atoms with E-state index >= 15 is 0 Å². The molecule has 1 rings (SSSR count). The number of methoxy groups -OCH3 is 2. The summed E-state index contributed by atoms with van der Waals surface area (Å²) >= 11 is 0. The Hall–Kier alpha value is -1.22. The van der Waals surface area contributed by atoms with Crippen LogP contribution in [0.25, 0.3) is 0 Å². The lowest BCUT2D eigenvalue weighted by atomic mass is 10.1. The second kappa shape index (κ2) is 5.50. The van der Waals surface area contributed by atoms with Crippen LogP contribution in [0.4, 0.5) is 0 Å². The fourth-order valence-electron chi connectivity index (χ4n) is 1.32. The number of hydrogen-bond donors (Lipinski definition) is 1. The molecule has 0 aliphatic carbocycles. The van der Waals surface area contributed by atoms with Crippen molar-refractivity contribution in [1.82, 2.24) is 5.32 Å². The van der Waals surface area contributed by atoms with Crippen LogP contribution in [0.1, 0.15) is 5.56 Å². The summed E-state index contributed by atoms with van der Waals surface area (Å²) in [5.74, 6) is 1.72. The second-order valence-corrected chi connectivity index (χ2v) is 3.03. The molecule has 14 heavy (non-hydrogen) atoms. The van der Waals surface area contributed by atoms with Crippen LogP contribution in [0, 0.1) is 0 Å². The molecule has 0 amide bonds. The third-order valence-corrected chi connectivity index (χ3v) is 2.14. The molecule has 0 spiro atoms. The second-order valence-electron chi connectivity index (χ2n) is 3.03. The zero-order chi connectivity index (χ0) is 10.4. The third-order valence-electron chi connectivity index (χ3n) is 2.14. The van der Waals surface area contributed by atoms with Crippen molar-refractivity contribution >= 4 is 0 Å². The first-order valence-electron chi connectivity index (χ1n) is 4.67. The Morgan fingerprint density at radius 3 is 2.57 bits per heavy atom. The standard InChI is InChI=1S/C11H17NO2/c1-12-7-6-9-4-5-10(13-2)8-11(9)14-3/h4-5,8,12H,6-7H2,1-3H3. The lowest BCUT2D eigenvalue weighted by Gasteiger charge is -2.09. The summed E-state index contributed by atoms with van der Waals surface area (Å²) in [5, 5.41) is 3.11. The minimum absolute atomic E-state index is 0.829. The van der Waals surface area contributed by atoms with Crippen LogP contribution in [0.3, 0.4) is 0 Å². The van der Waals surface area contributed by atoms with Crippen LogP contribution in [0.15, 0.2) is 18.2 Å². The van der Waals surface area contributed by atoms with E-state index in [9.17, 15) is 0 Å². The van der Waals surface area contributed by atoms with E-state index in [1.165, 1.54) is 5.56 Å². The Morgan fingerprint density at radius 2 is 2.00 bits per heavy atom. The predicted octanol–water partition coefficient (Wildman–Crippen LogP) is 1.47. The summed E-state index contributed by atoms with van der Waals surface area (Å²) in [6, 6.07) is 5.90. The van der Waals surface area contributed by atoms with Gasteiger partial charge in [-0.25, -0.2) is 0 Å². The van der Waals surface area contributed by atoms with E-state index in [1.807, 2.05) is 25.2 Å². The molecule has 0 radical (unpaired) electrons. The molecule has 3 nitrogen and oxygen atoms in total. The van der Waals surface area contributed by atoms with Gasteiger partial charge in [0.1, 0.15) is 11.5 Å². The largest absolute Gasteiger partial charge is 0.497 e. The molecule has 0 atom stereocenters. The maximum atomic E-state index is 5.28. The van der Waals surface area contributed by atoms with E-state index in [-0.39, 0.29) is 0 Å². The highest BCUT2D eigenvalue weighted by molar-refractivity contribution is 5.40. The molecule has 0 aliphatic rings. The Bertz CT molecular complexity index is 287. The first-order valence-corrected chi connectivity index (χ1v) is 4.67. The normalized spacial score (nSPS) is 9.93. The van der Waals surface area contributed by atoms with Gasteiger partial charge in [-0.3, -0.25) is 0 Å². The number of nitrogens with one attached hydrogen (secondary N) is 1. The Kier molecular flexibility index (Phi) is 4.26. The minimum atomic E-state index is 0.829. The highest BCUT2D eigenvalue weighted by atomic mass is 16.5. The lowest BCUT2D eigenvalue weighted by molar-refractivity contribution is 0.391. The highest BCUT2D eigenvalue weighted by Gasteiger charge is 2.03. The molecule has 0 heterocycles. The predicted molar refractivity (Wildman–Crippen MR) is 57.2 cm³/mol. The SMILES string of the molecule is CNCCc1ccc(OC)cc1OC. The van der Waals surface area contributed by atoms with Gasteiger partial charge in [0, 0.05) is 6.07 Å². The van der Waals surface area contributed by atoms with Crippen molar-refractivity contribution in [3.05, 3.63) is 23.8 Å². The number of likely N-dealkylation sites (N-methyl/N-ethyl adjacent to an activating group) is 1. The molecule has 78 valence electrons. The van der Waals surface area contributed by atoms with Crippen molar-refractivity contribution in [2.75, 3.05) is 27.8 Å². The Balaban J connectivity index is 2.82. The topological polar surface area (TPSA) is 30.5 Å². The van der Waals surface area contributed by atoms with Crippen molar-refractivity contribution in [3.8, 4) is 11.5 Å². The van der Waals surface area contributed by atoms with Crippen molar-refractivity contribution in [3.63, 3.8) is 0 Å². The Morgan fingerprint density at radius 1 is 1.21 bits per heavy atom. The molecular formula is C11H17NO2. The summed E-state index contributed by atoms with van der Waals surface area (Å²) in [7, 11) is 5.27. The molecule has 3 heteroatoms. The molecule has 0 aromatic heterocycles. The maximum Gasteiger partial charge on any atom is 0.125 e. The zero-order valence-electron chi connectivity index (χ0n) is 8.96. The third kappa shape index (κ3) is 2.64. The lowest BCUT2D eigenvalue weighted by Crippen LogP contribution is -2.10. The number of benzene rings is 1. The fraction of sp³-hybridized carbons (Fsp3) is 0.455. The van der Waals surface area contributed by atoms with E-state index in [1.54, 1.807) is 14.2 Å². The molecular weight excluding hydrogens is 178 g/mol. The Labute approximate surface area is 85.0 Å². The van der Waals surface area contributed by atoms with Crippen LogP contribution in [0.5, 0.6) is 11.5 Å². The van der Waals surface area contributed by atoms with Gasteiger partial charge in [0.15, 0.2) is 0 Å². The molecule has 0 saturated carbocycles. The molecule has 0 unspecified atom stereocenters. The van der Waals surface area contributed by atoms with E-state index < -0.39 is 0 Å². The van der Waals surface area contributed by atoms with Gasteiger partial charge in [-0.2, -0.15) is 0 Å². The quantitative estimate of drug-likeness (QED) is 0.771. The van der Waals surface area contributed by atoms with Crippen LogP contribution in [-0.2, 0) is 6.42 Å². The van der Waals surface area contributed by atoms with Crippen molar-refractivity contribution < 1.29 is 9.47 Å². The van der Waals surface area contributed by atoms with Crippen molar-refractivity contribution in [2.24, 2.45) is 0 Å². The molecule has 0 aliphatic heterocycles. The first kappa shape index (κ1) is 10.9. The average molecular weight is 195 g/mol. The van der Waals surface area contributed by atoms with E-state index in [0.29, 0.717) is 0 Å². The summed E-state index contributed by atoms with van der Waals surface area (Å²) in [6.45, 7) is 0.947. The smallest absolute Gasteiger partial charge is 0.125 e. The number of ether oxygens (including phenoxy) is 2. The van der Waals surface area contributed by atoms with E-state index in [4.69, 9.17) is 9.47 Å². The summed E-state index contributed by atoms with van der Waals surface area (Å²) < 4.78 is 10.4. The molecule has 1 N–H and O–H groups in total. The van der Waals surface area contributed by atoms with Crippen LogP contribution >= 0.6 is 0 Å². The zero-order valence-corrected chi connectivity index (χ0v) is 8.96. The molecule has 1 aromatic carbocycles. The molecule has 1 aromatic rings. The fourth-order valence-corrected chi connectivity index (χ4v) is 1.32. The molecule has 0 saturated heterocycles. The molecule has 0 fully saturated rings. The van der Waals surface area contributed by atoms with Crippen LogP contribution in [-0.4, -0.2) is 27.8 Å². The first-order chi connectivity index (χ1) is 6.81. The maximum absolute atomic E-state index is 5.28. The van der Waals surface area contributed by atoms with E-state index in [0.717, 1.165) is 24.5 Å². The van der Waals surface area contributed by atoms with Gasteiger partial charge in [0.2, 0.25) is 0 Å². The van der Waals surface area contributed by atoms with Crippen LogP contribution in [0.2, 0.25) is 0 Å². The van der Waals surface area contributed by atoms with Gasteiger partial charge < -0.3 is 14.8 Å². The van der Waals surface area contributed by atoms with Gasteiger partial charge in [0.05, 0.1) is 14.2 Å². The van der Waals surface area contributed by atoms with Gasteiger partial charge in [-0.15, -0.1) is 0 Å². The van der Waals surface area contributed by atoms with Gasteiger partial charge >= 0.3 is 0 Å². The van der Waals surface area contributed by atoms with Gasteiger partial charge in [0.25, 0.3) is 0 Å². The van der Waals surface area contributed by atoms with Gasteiger partial charge in [-0.1, -0.05) is 6.07 Å². The molecule has 0 bridgehead atoms. The summed E-state index contributed by atoms with van der Waals surface area (Å²) in [6.07, 6.45) is 0.962. The van der Waals surface area contributed by atoms with Gasteiger partial charge in [-0.05, 0) is 31.6 Å². The average Bonchev–Trinajstić information content (AvgIpc) is 2.26. The number of rotatable bonds is 5. The monoisotopic (exact) mass is 195 g/mol. The van der Waals surface area contributed by atoms with Crippen molar-refractivity contribution in [1.29, 1.82) is 0 Å².